The molecule has 0 bridgehead atoms. The molecule has 144 valence electrons. The van der Waals surface area contributed by atoms with Gasteiger partial charge >= 0.3 is 0 Å². The summed E-state index contributed by atoms with van der Waals surface area (Å²) in [6, 6.07) is 15.6. The van der Waals surface area contributed by atoms with Crippen LogP contribution in [0.2, 0.25) is 0 Å². The van der Waals surface area contributed by atoms with Crippen molar-refractivity contribution >= 4 is 11.5 Å². The van der Waals surface area contributed by atoms with Crippen LogP contribution < -0.4 is 9.64 Å². The van der Waals surface area contributed by atoms with Crippen LogP contribution in [0.3, 0.4) is 0 Å². The predicted octanol–water partition coefficient (Wildman–Crippen LogP) is 2.76. The highest BCUT2D eigenvalue weighted by molar-refractivity contribution is 5.94. The second-order valence-corrected chi connectivity index (χ2v) is 7.17. The minimum atomic E-state index is -0.539. The Morgan fingerprint density at radius 3 is 2.44 bits per heavy atom. The van der Waals surface area contributed by atoms with Crippen molar-refractivity contribution in [3.8, 4) is 5.75 Å². The highest BCUT2D eigenvalue weighted by Crippen LogP contribution is 2.18. The molecule has 1 atom stereocenters. The maximum Gasteiger partial charge on any atom is 0.159 e. The number of aliphatic hydroxyl groups excluding tert-OH is 1. The van der Waals surface area contributed by atoms with Crippen LogP contribution in [0.4, 0.5) is 5.69 Å². The summed E-state index contributed by atoms with van der Waals surface area (Å²) in [5.74, 6) is 0.703. The van der Waals surface area contributed by atoms with Crippen molar-refractivity contribution < 1.29 is 14.6 Å². The average molecular weight is 368 g/mol. The standard InChI is InChI=1S/C22H28N2O3/c1-17-4-3-5-20(14-17)24-12-10-23(11-13-24)15-21(26)16-27-22-8-6-19(7-9-22)18(2)25/h3-9,14,21,26H,10-13,15-16H2,1-2H3. The number of benzene rings is 2. The molecular weight excluding hydrogens is 340 g/mol. The molecule has 1 saturated heterocycles. The van der Waals surface area contributed by atoms with E-state index >= 15 is 0 Å². The van der Waals surface area contributed by atoms with Gasteiger partial charge in [0.05, 0.1) is 0 Å². The molecule has 0 saturated carbocycles. The van der Waals surface area contributed by atoms with Gasteiger partial charge in [-0.2, -0.15) is 0 Å². The summed E-state index contributed by atoms with van der Waals surface area (Å²) in [5.41, 5.74) is 3.21. The zero-order valence-corrected chi connectivity index (χ0v) is 16.1. The van der Waals surface area contributed by atoms with E-state index in [1.165, 1.54) is 11.3 Å². The number of carbonyl (C=O) groups excluding carboxylic acids is 1. The molecule has 5 heteroatoms. The highest BCUT2D eigenvalue weighted by atomic mass is 16.5. The molecule has 1 fully saturated rings. The first-order valence-corrected chi connectivity index (χ1v) is 9.47. The third-order valence-corrected chi connectivity index (χ3v) is 4.91. The first-order chi connectivity index (χ1) is 13.0. The number of carbonyl (C=O) groups is 1. The molecule has 1 heterocycles. The van der Waals surface area contributed by atoms with E-state index < -0.39 is 6.10 Å². The van der Waals surface area contributed by atoms with Gasteiger partial charge in [-0.3, -0.25) is 9.69 Å². The van der Waals surface area contributed by atoms with Gasteiger partial charge in [-0.05, 0) is 55.8 Å². The van der Waals surface area contributed by atoms with Crippen molar-refractivity contribution in [2.45, 2.75) is 20.0 Å². The van der Waals surface area contributed by atoms with Gasteiger partial charge in [0.15, 0.2) is 5.78 Å². The van der Waals surface area contributed by atoms with E-state index in [-0.39, 0.29) is 12.4 Å². The van der Waals surface area contributed by atoms with Gasteiger partial charge in [0.25, 0.3) is 0 Å². The Bertz CT molecular complexity index is 752. The summed E-state index contributed by atoms with van der Waals surface area (Å²) in [6.07, 6.45) is -0.539. The number of Topliss-reactive ketones (excluding diaryl/α,β-unsaturated/α-hetero) is 1. The summed E-state index contributed by atoms with van der Waals surface area (Å²) in [6.45, 7) is 8.29. The number of anilines is 1. The van der Waals surface area contributed by atoms with Gasteiger partial charge in [-0.1, -0.05) is 12.1 Å². The van der Waals surface area contributed by atoms with E-state index in [0.29, 0.717) is 17.9 Å². The van der Waals surface area contributed by atoms with Crippen LogP contribution in [-0.4, -0.2) is 61.2 Å². The Labute approximate surface area is 161 Å². The molecular formula is C22H28N2O3. The molecule has 1 aliphatic rings. The van der Waals surface area contributed by atoms with Gasteiger partial charge in [-0.15, -0.1) is 0 Å². The average Bonchev–Trinajstić information content (AvgIpc) is 2.67. The summed E-state index contributed by atoms with van der Waals surface area (Å²) in [7, 11) is 0. The topological polar surface area (TPSA) is 53.0 Å². The largest absolute Gasteiger partial charge is 0.491 e. The number of ether oxygens (including phenoxy) is 1. The molecule has 1 unspecified atom stereocenters. The lowest BCUT2D eigenvalue weighted by Gasteiger charge is -2.37. The summed E-state index contributed by atoms with van der Waals surface area (Å²) in [5, 5.41) is 10.3. The molecule has 0 aliphatic carbocycles. The molecule has 5 nitrogen and oxygen atoms in total. The Hall–Kier alpha value is -2.37. The number of aliphatic hydroxyl groups is 1. The number of aryl methyl sites for hydroxylation is 1. The van der Waals surface area contributed by atoms with Gasteiger partial charge < -0.3 is 14.7 Å². The van der Waals surface area contributed by atoms with Crippen molar-refractivity contribution in [2.75, 3.05) is 44.2 Å². The number of nitrogens with zero attached hydrogens (tertiary/aromatic N) is 2. The fraction of sp³-hybridized carbons (Fsp3) is 0.409. The maximum absolute atomic E-state index is 11.3. The van der Waals surface area contributed by atoms with Crippen LogP contribution in [0.5, 0.6) is 5.75 Å². The Kier molecular flexibility index (Phi) is 6.48. The first-order valence-electron chi connectivity index (χ1n) is 9.47. The second kappa shape index (κ2) is 9.02. The minimum Gasteiger partial charge on any atom is -0.491 e. The Balaban J connectivity index is 1.41. The molecule has 3 rings (SSSR count). The SMILES string of the molecule is CC(=O)c1ccc(OCC(O)CN2CCN(c3cccc(C)c3)CC2)cc1. The highest BCUT2D eigenvalue weighted by Gasteiger charge is 2.19. The van der Waals surface area contributed by atoms with Crippen molar-refractivity contribution in [2.24, 2.45) is 0 Å². The number of β-amino-alcohol motifs (C(OH)–C–C–N with tert-alkyl or cyclic N) is 1. The van der Waals surface area contributed by atoms with Gasteiger partial charge in [0.1, 0.15) is 18.5 Å². The lowest BCUT2D eigenvalue weighted by molar-refractivity contribution is 0.0663. The number of rotatable bonds is 7. The van der Waals surface area contributed by atoms with E-state index in [2.05, 4.69) is 41.0 Å². The fourth-order valence-electron chi connectivity index (χ4n) is 3.34. The van der Waals surface area contributed by atoms with E-state index in [0.717, 1.165) is 26.2 Å². The number of hydrogen-bond donors (Lipinski definition) is 1. The Morgan fingerprint density at radius 1 is 1.11 bits per heavy atom. The summed E-state index contributed by atoms with van der Waals surface area (Å²) in [4.78, 5) is 16.0. The van der Waals surface area contributed by atoms with Gasteiger partial charge in [0.2, 0.25) is 0 Å². The van der Waals surface area contributed by atoms with E-state index in [1.54, 1.807) is 31.2 Å². The lowest BCUT2D eigenvalue weighted by atomic mass is 10.1. The quantitative estimate of drug-likeness (QED) is 0.762. The molecule has 1 aliphatic heterocycles. The number of hydrogen-bond acceptors (Lipinski definition) is 5. The van der Waals surface area contributed by atoms with Crippen LogP contribution in [0.25, 0.3) is 0 Å². The normalized spacial score (nSPS) is 16.2. The molecule has 2 aromatic carbocycles. The van der Waals surface area contributed by atoms with Crippen molar-refractivity contribution in [3.63, 3.8) is 0 Å². The van der Waals surface area contributed by atoms with E-state index in [1.807, 2.05) is 0 Å². The minimum absolute atomic E-state index is 0.0337. The Morgan fingerprint density at radius 2 is 1.81 bits per heavy atom. The van der Waals surface area contributed by atoms with Crippen LogP contribution in [0.15, 0.2) is 48.5 Å². The molecule has 2 aromatic rings. The fourth-order valence-corrected chi connectivity index (χ4v) is 3.34. The molecule has 0 spiro atoms. The zero-order valence-electron chi connectivity index (χ0n) is 16.1. The molecule has 27 heavy (non-hydrogen) atoms. The van der Waals surface area contributed by atoms with Gasteiger partial charge in [0, 0.05) is 44.0 Å². The van der Waals surface area contributed by atoms with Crippen LogP contribution in [-0.2, 0) is 0 Å². The summed E-state index contributed by atoms with van der Waals surface area (Å²) < 4.78 is 5.65. The second-order valence-electron chi connectivity index (χ2n) is 7.17. The maximum atomic E-state index is 11.3. The zero-order chi connectivity index (χ0) is 19.2. The van der Waals surface area contributed by atoms with E-state index in [9.17, 15) is 9.90 Å². The van der Waals surface area contributed by atoms with Crippen molar-refractivity contribution in [1.29, 1.82) is 0 Å². The number of ketones is 1. The van der Waals surface area contributed by atoms with E-state index in [4.69, 9.17) is 4.74 Å². The van der Waals surface area contributed by atoms with Crippen molar-refractivity contribution in [1.82, 2.24) is 4.90 Å². The lowest BCUT2D eigenvalue weighted by Crippen LogP contribution is -2.49. The number of piperazine rings is 1. The summed E-state index contributed by atoms with van der Waals surface area (Å²) >= 11 is 0. The molecule has 0 aromatic heterocycles. The van der Waals surface area contributed by atoms with Crippen LogP contribution >= 0.6 is 0 Å². The van der Waals surface area contributed by atoms with Gasteiger partial charge in [-0.25, -0.2) is 0 Å². The monoisotopic (exact) mass is 368 g/mol. The third-order valence-electron chi connectivity index (χ3n) is 4.91. The predicted molar refractivity (Wildman–Crippen MR) is 108 cm³/mol. The third kappa shape index (κ3) is 5.55. The van der Waals surface area contributed by atoms with Crippen LogP contribution in [0, 0.1) is 6.92 Å². The first kappa shape index (κ1) is 19.4. The molecule has 0 amide bonds. The van der Waals surface area contributed by atoms with Crippen LogP contribution in [0.1, 0.15) is 22.8 Å². The molecule has 0 radical (unpaired) electrons. The molecule has 1 N–H and O–H groups in total. The smallest absolute Gasteiger partial charge is 0.159 e. The van der Waals surface area contributed by atoms with Crippen molar-refractivity contribution in [3.05, 3.63) is 59.7 Å².